The molecule has 0 radical (unpaired) electrons. The van der Waals surface area contributed by atoms with Crippen LogP contribution in [0.5, 0.6) is 0 Å². The Bertz CT molecular complexity index is 528. The zero-order chi connectivity index (χ0) is 14.6. The van der Waals surface area contributed by atoms with Crippen LogP contribution in [0.3, 0.4) is 0 Å². The van der Waals surface area contributed by atoms with E-state index in [1.165, 1.54) is 0 Å². The second-order valence-corrected chi connectivity index (χ2v) is 7.37. The van der Waals surface area contributed by atoms with Crippen LogP contribution in [-0.4, -0.2) is 49.9 Å². The lowest BCUT2D eigenvalue weighted by Crippen LogP contribution is -2.40. The second kappa shape index (κ2) is 6.67. The molecule has 1 aliphatic rings. The summed E-state index contributed by atoms with van der Waals surface area (Å²) in [5, 5.41) is 9.58. The van der Waals surface area contributed by atoms with E-state index in [1.807, 2.05) is 4.90 Å². The number of aliphatic hydroxyl groups excluding tert-OH is 1. The van der Waals surface area contributed by atoms with Crippen molar-refractivity contribution in [3.05, 3.63) is 29.8 Å². The highest BCUT2D eigenvalue weighted by molar-refractivity contribution is 7.91. The summed E-state index contributed by atoms with van der Waals surface area (Å²) in [5.74, 6) is 0.0850. The van der Waals surface area contributed by atoms with Crippen molar-refractivity contribution in [1.82, 2.24) is 4.90 Å². The fourth-order valence-corrected chi connectivity index (χ4v) is 3.72. The Balaban J connectivity index is 1.96. The number of nitrogens with zero attached hydrogens (tertiary/aromatic N) is 1. The van der Waals surface area contributed by atoms with Crippen molar-refractivity contribution >= 4 is 9.84 Å². The maximum absolute atomic E-state index is 12.2. The van der Waals surface area contributed by atoms with E-state index >= 15 is 0 Å². The molecular formula is C14H22N2O3S. The molecule has 0 amide bonds. The first kappa shape index (κ1) is 15.4. The molecule has 1 atom stereocenters. The molecule has 1 aliphatic heterocycles. The average molecular weight is 298 g/mol. The molecule has 0 bridgehead atoms. The molecule has 0 aliphatic carbocycles. The van der Waals surface area contributed by atoms with E-state index in [-0.39, 0.29) is 11.9 Å². The lowest BCUT2D eigenvalue weighted by atomic mass is 10.1. The van der Waals surface area contributed by atoms with Gasteiger partial charge in [-0.3, -0.25) is 4.90 Å². The van der Waals surface area contributed by atoms with Crippen LogP contribution >= 0.6 is 0 Å². The third-order valence-corrected chi connectivity index (χ3v) is 5.39. The van der Waals surface area contributed by atoms with Crippen LogP contribution in [-0.2, 0) is 16.4 Å². The zero-order valence-electron chi connectivity index (χ0n) is 11.5. The van der Waals surface area contributed by atoms with Crippen molar-refractivity contribution in [2.24, 2.45) is 5.73 Å². The number of β-amino-alcohol motifs (C(OH)–C–C–N with tert-alkyl or cyclic N) is 1. The van der Waals surface area contributed by atoms with E-state index in [1.54, 1.807) is 24.3 Å². The predicted molar refractivity (Wildman–Crippen MR) is 78.1 cm³/mol. The highest BCUT2D eigenvalue weighted by atomic mass is 32.2. The molecule has 2 rings (SSSR count). The molecule has 0 spiro atoms. The molecule has 112 valence electrons. The number of aliphatic hydroxyl groups is 1. The number of hydrogen-bond acceptors (Lipinski definition) is 5. The first-order valence-electron chi connectivity index (χ1n) is 6.93. The summed E-state index contributed by atoms with van der Waals surface area (Å²) < 4.78 is 24.5. The van der Waals surface area contributed by atoms with Crippen molar-refractivity contribution in [2.75, 3.05) is 25.4 Å². The number of nitrogens with two attached hydrogens (primary N) is 1. The standard InChI is InChI=1S/C14H22N2O3S/c15-10-12-3-5-14(6-4-12)20(18,19)9-8-16-7-1-2-13(17)11-16/h3-6,13,17H,1-2,7-11,15H2. The van der Waals surface area contributed by atoms with E-state index in [0.29, 0.717) is 24.5 Å². The van der Waals surface area contributed by atoms with Gasteiger partial charge in [0.15, 0.2) is 9.84 Å². The molecule has 6 heteroatoms. The van der Waals surface area contributed by atoms with Crippen molar-refractivity contribution in [3.63, 3.8) is 0 Å². The number of benzene rings is 1. The lowest BCUT2D eigenvalue weighted by Gasteiger charge is -2.29. The molecule has 1 aromatic rings. The van der Waals surface area contributed by atoms with Crippen LogP contribution in [0.15, 0.2) is 29.2 Å². The molecule has 0 saturated carbocycles. The van der Waals surface area contributed by atoms with Gasteiger partial charge in [0.1, 0.15) is 0 Å². The van der Waals surface area contributed by atoms with Gasteiger partial charge in [-0.25, -0.2) is 8.42 Å². The Kier molecular flexibility index (Phi) is 5.15. The van der Waals surface area contributed by atoms with Crippen LogP contribution in [0.2, 0.25) is 0 Å². The Labute approximate surface area is 120 Å². The van der Waals surface area contributed by atoms with Gasteiger partial charge in [0.05, 0.1) is 16.8 Å². The quantitative estimate of drug-likeness (QED) is 0.821. The number of hydrogen-bond donors (Lipinski definition) is 2. The van der Waals surface area contributed by atoms with Crippen molar-refractivity contribution in [2.45, 2.75) is 30.4 Å². The molecule has 20 heavy (non-hydrogen) atoms. The molecule has 3 N–H and O–H groups in total. The number of sulfone groups is 1. The lowest BCUT2D eigenvalue weighted by molar-refractivity contribution is 0.0741. The smallest absolute Gasteiger partial charge is 0.179 e. The second-order valence-electron chi connectivity index (χ2n) is 5.26. The van der Waals surface area contributed by atoms with Crippen LogP contribution < -0.4 is 5.73 Å². The highest BCUT2D eigenvalue weighted by Gasteiger charge is 2.21. The van der Waals surface area contributed by atoms with Gasteiger partial charge in [-0.1, -0.05) is 12.1 Å². The van der Waals surface area contributed by atoms with Crippen LogP contribution in [0, 0.1) is 0 Å². The van der Waals surface area contributed by atoms with E-state index in [2.05, 4.69) is 0 Å². The van der Waals surface area contributed by atoms with E-state index in [9.17, 15) is 13.5 Å². The summed E-state index contributed by atoms with van der Waals surface area (Å²) in [6, 6.07) is 6.72. The third kappa shape index (κ3) is 4.02. The van der Waals surface area contributed by atoms with E-state index in [4.69, 9.17) is 5.73 Å². The normalized spacial score (nSPS) is 21.0. The Morgan fingerprint density at radius 1 is 1.30 bits per heavy atom. The van der Waals surface area contributed by atoms with Gasteiger partial charge in [-0.05, 0) is 37.1 Å². The van der Waals surface area contributed by atoms with Gasteiger partial charge in [0.2, 0.25) is 0 Å². The van der Waals surface area contributed by atoms with Crippen LogP contribution in [0.25, 0.3) is 0 Å². The maximum Gasteiger partial charge on any atom is 0.179 e. The summed E-state index contributed by atoms with van der Waals surface area (Å²) in [4.78, 5) is 2.35. The van der Waals surface area contributed by atoms with Gasteiger partial charge in [-0.2, -0.15) is 0 Å². The topological polar surface area (TPSA) is 83.6 Å². The van der Waals surface area contributed by atoms with E-state index < -0.39 is 9.84 Å². The molecule has 1 heterocycles. The Morgan fingerprint density at radius 2 is 2.00 bits per heavy atom. The fraction of sp³-hybridized carbons (Fsp3) is 0.571. The Hall–Kier alpha value is -0.950. The summed E-state index contributed by atoms with van der Waals surface area (Å²) >= 11 is 0. The minimum atomic E-state index is -3.27. The first-order chi connectivity index (χ1) is 9.51. The number of rotatable bonds is 5. The fourth-order valence-electron chi connectivity index (χ4n) is 2.43. The molecule has 1 aromatic carbocycles. The van der Waals surface area contributed by atoms with Crippen molar-refractivity contribution in [3.8, 4) is 0 Å². The minimum Gasteiger partial charge on any atom is -0.392 e. The molecule has 1 fully saturated rings. The van der Waals surface area contributed by atoms with Crippen molar-refractivity contribution < 1.29 is 13.5 Å². The van der Waals surface area contributed by atoms with Crippen LogP contribution in [0.4, 0.5) is 0 Å². The van der Waals surface area contributed by atoms with Crippen LogP contribution in [0.1, 0.15) is 18.4 Å². The van der Waals surface area contributed by atoms with E-state index in [0.717, 1.165) is 24.9 Å². The van der Waals surface area contributed by atoms with Gasteiger partial charge in [-0.15, -0.1) is 0 Å². The molecule has 1 unspecified atom stereocenters. The summed E-state index contributed by atoms with van der Waals surface area (Å²) in [7, 11) is -3.27. The van der Waals surface area contributed by atoms with Gasteiger partial charge in [0.25, 0.3) is 0 Å². The maximum atomic E-state index is 12.2. The first-order valence-corrected chi connectivity index (χ1v) is 8.58. The van der Waals surface area contributed by atoms with Gasteiger partial charge in [0, 0.05) is 19.6 Å². The van der Waals surface area contributed by atoms with Crippen molar-refractivity contribution in [1.29, 1.82) is 0 Å². The largest absolute Gasteiger partial charge is 0.392 e. The van der Waals surface area contributed by atoms with Gasteiger partial charge < -0.3 is 10.8 Å². The Morgan fingerprint density at radius 3 is 2.60 bits per heavy atom. The summed E-state index contributed by atoms with van der Waals surface area (Å²) in [6.45, 7) is 2.31. The SMILES string of the molecule is NCc1ccc(S(=O)(=O)CCN2CCCC(O)C2)cc1. The average Bonchev–Trinajstić information content (AvgIpc) is 2.45. The summed E-state index contributed by atoms with van der Waals surface area (Å²) in [6.07, 6.45) is 1.41. The summed E-state index contributed by atoms with van der Waals surface area (Å²) in [5.41, 5.74) is 6.42. The molecule has 0 aromatic heterocycles. The highest BCUT2D eigenvalue weighted by Crippen LogP contribution is 2.14. The molecular weight excluding hydrogens is 276 g/mol. The predicted octanol–water partition coefficient (Wildman–Crippen LogP) is 0.376. The minimum absolute atomic E-state index is 0.0850. The van der Waals surface area contributed by atoms with Gasteiger partial charge >= 0.3 is 0 Å². The number of piperidine rings is 1. The zero-order valence-corrected chi connectivity index (χ0v) is 12.3. The number of likely N-dealkylation sites (tertiary alicyclic amines) is 1. The molecule has 5 nitrogen and oxygen atoms in total. The molecule has 1 saturated heterocycles. The monoisotopic (exact) mass is 298 g/mol. The third-order valence-electron chi connectivity index (χ3n) is 3.68.